The van der Waals surface area contributed by atoms with Crippen LogP contribution in [0.2, 0.25) is 0 Å². The molecule has 0 aliphatic rings. The van der Waals surface area contributed by atoms with E-state index in [0.717, 1.165) is 34.4 Å². The second-order valence-electron chi connectivity index (χ2n) is 3.94. The number of hydrogen-bond donors (Lipinski definition) is 1. The van der Waals surface area contributed by atoms with Crippen LogP contribution in [0, 0.1) is 0 Å². The highest BCUT2D eigenvalue weighted by Crippen LogP contribution is 2.21. The second kappa shape index (κ2) is 5.47. The molecule has 1 heterocycles. The van der Waals surface area contributed by atoms with Crippen molar-refractivity contribution < 1.29 is 0 Å². The Balaban J connectivity index is 2.51. The smallest absolute Gasteiger partial charge is 0.113 e. The Morgan fingerprint density at radius 1 is 1.41 bits per heavy atom. The molecule has 90 valence electrons. The van der Waals surface area contributed by atoms with Crippen molar-refractivity contribution in [2.24, 2.45) is 5.73 Å². The fourth-order valence-corrected chi connectivity index (χ4v) is 2.25. The van der Waals surface area contributed by atoms with Crippen LogP contribution in [0.3, 0.4) is 0 Å². The standard InChI is InChI=1S/C13H16BrN3/c1-2-3-13-16-6-7-17(13)12-8-11(14)5-4-10(12)9-15/h4-8H,2-3,9,15H2,1H3. The Hall–Kier alpha value is -1.13. The molecule has 0 unspecified atom stereocenters. The highest BCUT2D eigenvalue weighted by atomic mass is 79.9. The molecule has 2 rings (SSSR count). The van der Waals surface area contributed by atoms with E-state index in [0.29, 0.717) is 6.54 Å². The highest BCUT2D eigenvalue weighted by molar-refractivity contribution is 9.10. The third-order valence-electron chi connectivity index (χ3n) is 2.72. The molecule has 0 saturated carbocycles. The SMILES string of the molecule is CCCc1nccn1-c1cc(Br)ccc1CN. The first-order valence-corrected chi connectivity index (χ1v) is 6.56. The van der Waals surface area contributed by atoms with Gasteiger partial charge in [-0.05, 0) is 24.1 Å². The lowest BCUT2D eigenvalue weighted by atomic mass is 10.1. The summed E-state index contributed by atoms with van der Waals surface area (Å²) in [5.41, 5.74) is 8.02. The molecule has 0 spiro atoms. The van der Waals surface area contributed by atoms with Crippen LogP contribution in [-0.4, -0.2) is 9.55 Å². The fourth-order valence-electron chi connectivity index (χ4n) is 1.90. The fraction of sp³-hybridized carbons (Fsp3) is 0.308. The molecule has 17 heavy (non-hydrogen) atoms. The normalized spacial score (nSPS) is 10.8. The van der Waals surface area contributed by atoms with Crippen molar-refractivity contribution in [3.63, 3.8) is 0 Å². The molecule has 0 amide bonds. The first-order chi connectivity index (χ1) is 8.26. The van der Waals surface area contributed by atoms with Gasteiger partial charge >= 0.3 is 0 Å². The lowest BCUT2D eigenvalue weighted by molar-refractivity contribution is 0.803. The summed E-state index contributed by atoms with van der Waals surface area (Å²) in [5.74, 6) is 1.08. The van der Waals surface area contributed by atoms with Gasteiger partial charge in [-0.25, -0.2) is 4.98 Å². The van der Waals surface area contributed by atoms with E-state index in [-0.39, 0.29) is 0 Å². The number of nitrogens with zero attached hydrogens (tertiary/aromatic N) is 2. The van der Waals surface area contributed by atoms with Crippen LogP contribution in [0.1, 0.15) is 24.7 Å². The number of hydrogen-bond acceptors (Lipinski definition) is 2. The summed E-state index contributed by atoms with van der Waals surface area (Å²) in [5, 5.41) is 0. The van der Waals surface area contributed by atoms with Gasteiger partial charge in [-0.1, -0.05) is 28.9 Å². The van der Waals surface area contributed by atoms with Crippen molar-refractivity contribution >= 4 is 15.9 Å². The summed E-state index contributed by atoms with van der Waals surface area (Å²) < 4.78 is 3.18. The molecular formula is C13H16BrN3. The molecule has 1 aromatic carbocycles. The molecule has 0 aliphatic carbocycles. The van der Waals surface area contributed by atoms with E-state index in [2.05, 4.69) is 44.5 Å². The van der Waals surface area contributed by atoms with Crippen molar-refractivity contribution in [3.8, 4) is 5.69 Å². The Bertz CT molecular complexity index is 505. The second-order valence-corrected chi connectivity index (χ2v) is 4.86. The van der Waals surface area contributed by atoms with Gasteiger partial charge in [0.25, 0.3) is 0 Å². The summed E-state index contributed by atoms with van der Waals surface area (Å²) in [7, 11) is 0. The number of imidazole rings is 1. The number of aryl methyl sites for hydroxylation is 1. The Labute approximate surface area is 110 Å². The third kappa shape index (κ3) is 2.58. The third-order valence-corrected chi connectivity index (χ3v) is 3.21. The first kappa shape index (κ1) is 12.3. The molecule has 0 aliphatic heterocycles. The number of rotatable bonds is 4. The maximum absolute atomic E-state index is 5.78. The molecule has 0 radical (unpaired) electrons. The summed E-state index contributed by atoms with van der Waals surface area (Å²) in [4.78, 5) is 4.39. The molecule has 4 heteroatoms. The van der Waals surface area contributed by atoms with Crippen LogP contribution in [0.25, 0.3) is 5.69 Å². The van der Waals surface area contributed by atoms with E-state index in [4.69, 9.17) is 5.73 Å². The molecule has 1 aromatic heterocycles. The largest absolute Gasteiger partial charge is 0.326 e. The van der Waals surface area contributed by atoms with Crippen LogP contribution in [0.4, 0.5) is 0 Å². The van der Waals surface area contributed by atoms with Crippen molar-refractivity contribution in [1.82, 2.24) is 9.55 Å². The molecule has 2 aromatic rings. The van der Waals surface area contributed by atoms with Gasteiger partial charge in [-0.3, -0.25) is 0 Å². The van der Waals surface area contributed by atoms with E-state index in [1.165, 1.54) is 0 Å². The van der Waals surface area contributed by atoms with Gasteiger partial charge in [0, 0.05) is 29.8 Å². The zero-order valence-electron chi connectivity index (χ0n) is 9.86. The highest BCUT2D eigenvalue weighted by Gasteiger charge is 2.08. The van der Waals surface area contributed by atoms with Crippen LogP contribution in [0.5, 0.6) is 0 Å². The van der Waals surface area contributed by atoms with Crippen molar-refractivity contribution in [3.05, 3.63) is 46.5 Å². The van der Waals surface area contributed by atoms with Gasteiger partial charge < -0.3 is 10.3 Å². The number of nitrogens with two attached hydrogens (primary N) is 1. The van der Waals surface area contributed by atoms with E-state index in [9.17, 15) is 0 Å². The molecule has 3 nitrogen and oxygen atoms in total. The minimum atomic E-state index is 0.534. The van der Waals surface area contributed by atoms with E-state index >= 15 is 0 Å². The molecule has 0 fully saturated rings. The number of aromatic nitrogens is 2. The first-order valence-electron chi connectivity index (χ1n) is 5.77. The van der Waals surface area contributed by atoms with Gasteiger partial charge in [0.05, 0.1) is 5.69 Å². The zero-order chi connectivity index (χ0) is 12.3. The quantitative estimate of drug-likeness (QED) is 0.942. The number of halogens is 1. The van der Waals surface area contributed by atoms with E-state index < -0.39 is 0 Å². The van der Waals surface area contributed by atoms with E-state index in [1.54, 1.807) is 0 Å². The van der Waals surface area contributed by atoms with Gasteiger partial charge in [0.15, 0.2) is 0 Å². The minimum Gasteiger partial charge on any atom is -0.326 e. The lowest BCUT2D eigenvalue weighted by Gasteiger charge is -2.12. The summed E-state index contributed by atoms with van der Waals surface area (Å²) in [6.07, 6.45) is 5.89. The predicted molar refractivity (Wildman–Crippen MR) is 73.2 cm³/mol. The van der Waals surface area contributed by atoms with Gasteiger partial charge in [-0.2, -0.15) is 0 Å². The monoisotopic (exact) mass is 293 g/mol. The van der Waals surface area contributed by atoms with Gasteiger partial charge in [0.1, 0.15) is 5.82 Å². The lowest BCUT2D eigenvalue weighted by Crippen LogP contribution is -2.07. The van der Waals surface area contributed by atoms with Gasteiger partial charge in [0.2, 0.25) is 0 Å². The van der Waals surface area contributed by atoms with Crippen LogP contribution >= 0.6 is 15.9 Å². The average molecular weight is 294 g/mol. The summed E-state index contributed by atoms with van der Waals surface area (Å²) in [6.45, 7) is 2.69. The van der Waals surface area contributed by atoms with E-state index in [1.807, 2.05) is 18.5 Å². The maximum atomic E-state index is 5.78. The summed E-state index contributed by atoms with van der Waals surface area (Å²) >= 11 is 3.50. The molecular weight excluding hydrogens is 278 g/mol. The predicted octanol–water partition coefficient (Wildman–Crippen LogP) is 3.05. The van der Waals surface area contributed by atoms with Crippen molar-refractivity contribution in [2.45, 2.75) is 26.3 Å². The molecule has 0 atom stereocenters. The molecule has 0 saturated heterocycles. The van der Waals surface area contributed by atoms with Crippen LogP contribution < -0.4 is 5.73 Å². The van der Waals surface area contributed by atoms with Crippen LogP contribution in [0.15, 0.2) is 35.1 Å². The topological polar surface area (TPSA) is 43.8 Å². The number of benzene rings is 1. The Kier molecular flexibility index (Phi) is 3.97. The molecule has 0 bridgehead atoms. The molecule has 2 N–H and O–H groups in total. The van der Waals surface area contributed by atoms with Gasteiger partial charge in [-0.15, -0.1) is 0 Å². The Morgan fingerprint density at radius 2 is 2.24 bits per heavy atom. The maximum Gasteiger partial charge on any atom is 0.113 e. The summed E-state index contributed by atoms with van der Waals surface area (Å²) in [6, 6.07) is 6.15. The minimum absolute atomic E-state index is 0.534. The van der Waals surface area contributed by atoms with Crippen molar-refractivity contribution in [2.75, 3.05) is 0 Å². The Morgan fingerprint density at radius 3 is 2.94 bits per heavy atom. The van der Waals surface area contributed by atoms with Crippen molar-refractivity contribution in [1.29, 1.82) is 0 Å². The average Bonchev–Trinajstić information content (AvgIpc) is 2.77. The van der Waals surface area contributed by atoms with Crippen LogP contribution in [-0.2, 0) is 13.0 Å². The zero-order valence-corrected chi connectivity index (χ0v) is 11.4.